The fourth-order valence-corrected chi connectivity index (χ4v) is 2.36. The van der Waals surface area contributed by atoms with Crippen LogP contribution in [0.5, 0.6) is 0 Å². The quantitative estimate of drug-likeness (QED) is 0.850. The first-order chi connectivity index (χ1) is 9.51. The van der Waals surface area contributed by atoms with Gasteiger partial charge in [0, 0.05) is 22.4 Å². The van der Waals surface area contributed by atoms with Gasteiger partial charge in [0.2, 0.25) is 5.91 Å². The van der Waals surface area contributed by atoms with Gasteiger partial charge in [0.15, 0.2) is 0 Å². The molecule has 4 nitrogen and oxygen atoms in total. The number of ether oxygens (including phenoxy) is 1. The first kappa shape index (κ1) is 15.1. The summed E-state index contributed by atoms with van der Waals surface area (Å²) in [6.45, 7) is 0. The van der Waals surface area contributed by atoms with Crippen LogP contribution in [0, 0.1) is 5.92 Å². The number of benzene rings is 1. The van der Waals surface area contributed by atoms with Gasteiger partial charge in [-0.15, -0.1) is 0 Å². The molecule has 1 amide bonds. The second-order valence-corrected chi connectivity index (χ2v) is 5.64. The van der Waals surface area contributed by atoms with E-state index in [9.17, 15) is 9.59 Å². The lowest BCUT2D eigenvalue weighted by Gasteiger charge is -2.17. The Morgan fingerprint density at radius 2 is 2.10 bits per heavy atom. The van der Waals surface area contributed by atoms with Crippen LogP contribution in [0.1, 0.15) is 18.4 Å². The summed E-state index contributed by atoms with van der Waals surface area (Å²) in [5, 5.41) is 3.70. The molecule has 1 atom stereocenters. The Morgan fingerprint density at radius 1 is 1.40 bits per heavy atom. The van der Waals surface area contributed by atoms with Crippen LogP contribution in [-0.4, -0.2) is 25.0 Å². The predicted molar refractivity (Wildman–Crippen MR) is 76.8 cm³/mol. The zero-order valence-electron chi connectivity index (χ0n) is 11.0. The summed E-state index contributed by atoms with van der Waals surface area (Å²) in [5.41, 5.74) is 0.738. The molecule has 0 aromatic heterocycles. The van der Waals surface area contributed by atoms with Gasteiger partial charge in [-0.2, -0.15) is 0 Å². The van der Waals surface area contributed by atoms with E-state index < -0.39 is 12.0 Å². The van der Waals surface area contributed by atoms with Crippen molar-refractivity contribution >= 4 is 35.1 Å². The Kier molecular flexibility index (Phi) is 4.89. The molecule has 1 aliphatic rings. The number of nitrogens with one attached hydrogen (secondary N) is 1. The smallest absolute Gasteiger partial charge is 0.328 e. The number of rotatable bonds is 5. The molecule has 0 saturated heterocycles. The van der Waals surface area contributed by atoms with Crippen LogP contribution >= 0.6 is 23.2 Å². The molecule has 1 fully saturated rings. The van der Waals surface area contributed by atoms with Crippen LogP contribution in [0.4, 0.5) is 0 Å². The molecular weight excluding hydrogens is 301 g/mol. The van der Waals surface area contributed by atoms with Crippen molar-refractivity contribution in [3.63, 3.8) is 0 Å². The number of hydrogen-bond acceptors (Lipinski definition) is 3. The van der Waals surface area contributed by atoms with Crippen LogP contribution in [0.25, 0.3) is 0 Å². The second-order valence-electron chi connectivity index (χ2n) is 4.80. The van der Waals surface area contributed by atoms with Crippen LogP contribution in [0.3, 0.4) is 0 Å². The van der Waals surface area contributed by atoms with Crippen molar-refractivity contribution in [2.24, 2.45) is 5.92 Å². The summed E-state index contributed by atoms with van der Waals surface area (Å²) in [5.74, 6) is -0.557. The van der Waals surface area contributed by atoms with Crippen molar-refractivity contribution in [2.75, 3.05) is 7.11 Å². The Morgan fingerprint density at radius 3 is 2.65 bits per heavy atom. The number of carbonyl (C=O) groups is 2. The topological polar surface area (TPSA) is 55.4 Å². The standard InChI is InChI=1S/C14H15Cl2NO3/c1-20-14(19)12(17-13(18)8-2-3-8)6-9-4-5-10(15)7-11(9)16/h4-5,7-8,12H,2-3,6H2,1H3,(H,17,18)/t12-/m0/s1. The molecule has 0 radical (unpaired) electrons. The molecule has 6 heteroatoms. The summed E-state index contributed by atoms with van der Waals surface area (Å²) in [6, 6.07) is 4.31. The average molecular weight is 316 g/mol. The van der Waals surface area contributed by atoms with E-state index in [2.05, 4.69) is 5.32 Å². The van der Waals surface area contributed by atoms with Crippen LogP contribution in [0.15, 0.2) is 18.2 Å². The number of carbonyl (C=O) groups excluding carboxylic acids is 2. The van der Waals surface area contributed by atoms with Gasteiger partial charge in [0.05, 0.1) is 7.11 Å². The van der Waals surface area contributed by atoms with E-state index in [1.807, 2.05) is 0 Å². The number of amides is 1. The number of esters is 1. The molecule has 0 aliphatic heterocycles. The number of hydrogen-bond donors (Lipinski definition) is 1. The maximum Gasteiger partial charge on any atom is 0.328 e. The Balaban J connectivity index is 2.09. The van der Waals surface area contributed by atoms with Crippen molar-refractivity contribution in [3.8, 4) is 0 Å². The Bertz CT molecular complexity index is 529. The molecule has 1 saturated carbocycles. The fraction of sp³-hybridized carbons (Fsp3) is 0.429. The maximum absolute atomic E-state index is 11.8. The molecule has 0 bridgehead atoms. The van der Waals surface area contributed by atoms with E-state index in [4.69, 9.17) is 27.9 Å². The molecule has 1 aromatic rings. The molecule has 2 rings (SSSR count). The highest BCUT2D eigenvalue weighted by atomic mass is 35.5. The second kappa shape index (κ2) is 6.46. The molecular formula is C14H15Cl2NO3. The van der Waals surface area contributed by atoms with Gasteiger partial charge < -0.3 is 10.1 Å². The largest absolute Gasteiger partial charge is 0.467 e. The third-order valence-corrected chi connectivity index (χ3v) is 3.78. The predicted octanol–water partition coefficient (Wildman–Crippen LogP) is 2.60. The summed E-state index contributed by atoms with van der Waals surface area (Å²) >= 11 is 11.9. The summed E-state index contributed by atoms with van der Waals surface area (Å²) in [7, 11) is 1.29. The molecule has 1 N–H and O–H groups in total. The van der Waals surface area contributed by atoms with E-state index in [0.717, 1.165) is 18.4 Å². The summed E-state index contributed by atoms with van der Waals surface area (Å²) < 4.78 is 4.73. The molecule has 20 heavy (non-hydrogen) atoms. The molecule has 0 heterocycles. The van der Waals surface area contributed by atoms with Crippen molar-refractivity contribution in [1.29, 1.82) is 0 Å². The van der Waals surface area contributed by atoms with Crippen LogP contribution in [0.2, 0.25) is 10.0 Å². The Labute approximate surface area is 127 Å². The number of halogens is 2. The molecule has 0 unspecified atom stereocenters. The van der Waals surface area contributed by atoms with Gasteiger partial charge in [-0.1, -0.05) is 29.3 Å². The first-order valence-electron chi connectivity index (χ1n) is 6.33. The highest BCUT2D eigenvalue weighted by molar-refractivity contribution is 6.35. The van der Waals surface area contributed by atoms with Crippen molar-refractivity contribution in [1.82, 2.24) is 5.32 Å². The monoisotopic (exact) mass is 315 g/mol. The van der Waals surface area contributed by atoms with E-state index in [0.29, 0.717) is 10.0 Å². The SMILES string of the molecule is COC(=O)[C@H](Cc1ccc(Cl)cc1Cl)NC(=O)C1CC1. The van der Waals surface area contributed by atoms with Crippen LogP contribution in [-0.2, 0) is 20.7 Å². The number of methoxy groups -OCH3 is 1. The van der Waals surface area contributed by atoms with Crippen LogP contribution < -0.4 is 5.32 Å². The highest BCUT2D eigenvalue weighted by Gasteiger charge is 2.33. The highest BCUT2D eigenvalue weighted by Crippen LogP contribution is 2.29. The van der Waals surface area contributed by atoms with Gasteiger partial charge in [-0.05, 0) is 30.5 Å². The molecule has 1 aliphatic carbocycles. The third-order valence-electron chi connectivity index (χ3n) is 3.19. The average Bonchev–Trinajstić information content (AvgIpc) is 3.24. The lowest BCUT2D eigenvalue weighted by Crippen LogP contribution is -2.43. The lowest BCUT2D eigenvalue weighted by molar-refractivity contribution is -0.145. The molecule has 1 aromatic carbocycles. The lowest BCUT2D eigenvalue weighted by atomic mass is 10.1. The minimum absolute atomic E-state index is 0.0304. The fourth-order valence-electron chi connectivity index (χ4n) is 1.88. The Hall–Kier alpha value is -1.26. The zero-order valence-corrected chi connectivity index (χ0v) is 12.5. The van der Waals surface area contributed by atoms with Crippen molar-refractivity contribution in [2.45, 2.75) is 25.3 Å². The van der Waals surface area contributed by atoms with E-state index >= 15 is 0 Å². The van der Waals surface area contributed by atoms with E-state index in [1.54, 1.807) is 18.2 Å². The minimum Gasteiger partial charge on any atom is -0.467 e. The van der Waals surface area contributed by atoms with Gasteiger partial charge in [0.1, 0.15) is 6.04 Å². The minimum atomic E-state index is -0.730. The van der Waals surface area contributed by atoms with Crippen molar-refractivity contribution < 1.29 is 14.3 Å². The normalized spacial score (nSPS) is 15.6. The molecule has 0 spiro atoms. The van der Waals surface area contributed by atoms with Crippen molar-refractivity contribution in [3.05, 3.63) is 33.8 Å². The van der Waals surface area contributed by atoms with Gasteiger partial charge >= 0.3 is 5.97 Å². The first-order valence-corrected chi connectivity index (χ1v) is 7.09. The van der Waals surface area contributed by atoms with Gasteiger partial charge in [0.25, 0.3) is 0 Å². The summed E-state index contributed by atoms with van der Waals surface area (Å²) in [6.07, 6.45) is 2.03. The van der Waals surface area contributed by atoms with Gasteiger partial charge in [-0.3, -0.25) is 4.79 Å². The van der Waals surface area contributed by atoms with E-state index in [1.165, 1.54) is 7.11 Å². The van der Waals surface area contributed by atoms with Gasteiger partial charge in [-0.25, -0.2) is 4.79 Å². The third kappa shape index (κ3) is 3.87. The zero-order chi connectivity index (χ0) is 14.7. The maximum atomic E-state index is 11.8. The molecule has 108 valence electrons. The summed E-state index contributed by atoms with van der Waals surface area (Å²) in [4.78, 5) is 23.6. The van der Waals surface area contributed by atoms with E-state index in [-0.39, 0.29) is 18.2 Å².